The molecule has 25 heavy (non-hydrogen) atoms. The molecule has 3 heterocycles. The van der Waals surface area contributed by atoms with E-state index in [1.807, 2.05) is 32.1 Å². The van der Waals surface area contributed by atoms with Crippen molar-refractivity contribution in [1.82, 2.24) is 28.9 Å². The van der Waals surface area contributed by atoms with Crippen molar-refractivity contribution in [3.63, 3.8) is 0 Å². The van der Waals surface area contributed by atoms with Gasteiger partial charge in [0.05, 0.1) is 5.69 Å². The number of nitrogens with zero attached hydrogens (tertiary/aromatic N) is 5. The Morgan fingerprint density at radius 3 is 2.64 bits per heavy atom. The molecule has 0 aliphatic carbocycles. The summed E-state index contributed by atoms with van der Waals surface area (Å²) >= 11 is 0. The molecule has 3 aromatic heterocycles. The van der Waals surface area contributed by atoms with Crippen LogP contribution in [-0.2, 0) is 26.4 Å². The van der Waals surface area contributed by atoms with Gasteiger partial charge in [0.2, 0.25) is 5.95 Å². The number of H-pyrrole nitrogens is 1. The van der Waals surface area contributed by atoms with Crippen molar-refractivity contribution in [2.24, 2.45) is 7.05 Å². The fourth-order valence-corrected chi connectivity index (χ4v) is 2.84. The van der Waals surface area contributed by atoms with Gasteiger partial charge in [-0.05, 0) is 25.8 Å². The fourth-order valence-electron chi connectivity index (χ4n) is 2.84. The van der Waals surface area contributed by atoms with Gasteiger partial charge < -0.3 is 0 Å². The second-order valence-corrected chi connectivity index (χ2v) is 5.83. The molecule has 3 aromatic rings. The molecule has 0 fully saturated rings. The van der Waals surface area contributed by atoms with Gasteiger partial charge in [0, 0.05) is 19.3 Å². The highest BCUT2D eigenvalue weighted by Crippen LogP contribution is 2.18. The van der Waals surface area contributed by atoms with Gasteiger partial charge in [-0.15, -0.1) is 0 Å². The maximum absolute atomic E-state index is 12.4. The van der Waals surface area contributed by atoms with Crippen LogP contribution in [0.1, 0.15) is 32.2 Å². The zero-order chi connectivity index (χ0) is 18.1. The molecule has 3 rings (SSSR count). The number of hydrogen-bond acceptors (Lipinski definition) is 4. The molecule has 0 aromatic carbocycles. The molecule has 0 atom stereocenters. The van der Waals surface area contributed by atoms with Crippen LogP contribution in [0, 0.1) is 0 Å². The summed E-state index contributed by atoms with van der Waals surface area (Å²) in [6.07, 6.45) is 5.45. The van der Waals surface area contributed by atoms with Crippen LogP contribution < -0.4 is 11.2 Å². The summed E-state index contributed by atoms with van der Waals surface area (Å²) in [6, 6.07) is 2.04. The molecule has 0 saturated heterocycles. The number of allylic oxidation sites excluding steroid dienone is 2. The number of imidazole rings is 1. The number of nitrogens with one attached hydrogen (secondary N) is 1. The van der Waals surface area contributed by atoms with Gasteiger partial charge in [-0.1, -0.05) is 26.0 Å². The zero-order valence-corrected chi connectivity index (χ0v) is 14.9. The Balaban J connectivity index is 2.40. The lowest BCUT2D eigenvalue weighted by Crippen LogP contribution is -2.29. The number of fused-ring (bicyclic) bond motifs is 1. The smallest absolute Gasteiger partial charge is 0.299 e. The van der Waals surface area contributed by atoms with Crippen molar-refractivity contribution in [2.75, 3.05) is 0 Å². The molecule has 0 aliphatic heterocycles. The Morgan fingerprint density at radius 1 is 1.24 bits per heavy atom. The van der Waals surface area contributed by atoms with E-state index >= 15 is 0 Å². The number of hydrogen-bond donors (Lipinski definition) is 1. The molecule has 132 valence electrons. The van der Waals surface area contributed by atoms with Gasteiger partial charge in [0.1, 0.15) is 0 Å². The summed E-state index contributed by atoms with van der Waals surface area (Å²) in [5.41, 5.74) is 1.77. The molecule has 0 bridgehead atoms. The molecule has 0 unspecified atom stereocenters. The highest BCUT2D eigenvalue weighted by molar-refractivity contribution is 5.72. The Labute approximate surface area is 144 Å². The average molecular weight is 342 g/mol. The Kier molecular flexibility index (Phi) is 4.43. The largest absolute Gasteiger partial charge is 0.329 e. The summed E-state index contributed by atoms with van der Waals surface area (Å²) in [6.45, 7) is 6.48. The first kappa shape index (κ1) is 16.9. The van der Waals surface area contributed by atoms with Gasteiger partial charge in [0.25, 0.3) is 5.56 Å². The third kappa shape index (κ3) is 2.73. The molecule has 0 spiro atoms. The van der Waals surface area contributed by atoms with Gasteiger partial charge in [0.15, 0.2) is 11.2 Å². The van der Waals surface area contributed by atoms with E-state index in [1.165, 1.54) is 4.57 Å². The lowest BCUT2D eigenvalue weighted by molar-refractivity contribution is 0.693. The van der Waals surface area contributed by atoms with E-state index in [9.17, 15) is 9.59 Å². The van der Waals surface area contributed by atoms with Crippen LogP contribution in [0.5, 0.6) is 0 Å². The number of rotatable bonds is 5. The van der Waals surface area contributed by atoms with E-state index in [1.54, 1.807) is 16.3 Å². The van der Waals surface area contributed by atoms with E-state index < -0.39 is 11.2 Å². The molecule has 1 N–H and O–H groups in total. The molecular formula is C17H22N6O2. The first-order valence-electron chi connectivity index (χ1n) is 8.40. The van der Waals surface area contributed by atoms with Crippen molar-refractivity contribution in [3.05, 3.63) is 50.4 Å². The maximum Gasteiger partial charge on any atom is 0.329 e. The van der Waals surface area contributed by atoms with Crippen LogP contribution in [0.25, 0.3) is 17.1 Å². The molecular weight excluding hydrogens is 320 g/mol. The van der Waals surface area contributed by atoms with Crippen molar-refractivity contribution >= 4 is 11.2 Å². The first-order chi connectivity index (χ1) is 12.0. The van der Waals surface area contributed by atoms with Gasteiger partial charge >= 0.3 is 5.69 Å². The van der Waals surface area contributed by atoms with E-state index in [0.29, 0.717) is 23.7 Å². The van der Waals surface area contributed by atoms with Crippen molar-refractivity contribution in [2.45, 2.75) is 40.2 Å². The lowest BCUT2D eigenvalue weighted by atomic mass is 10.3. The highest BCUT2D eigenvalue weighted by atomic mass is 16.2. The Bertz CT molecular complexity index is 1060. The number of aromatic amines is 1. The number of aryl methyl sites for hydroxylation is 3. The molecule has 8 heteroatoms. The van der Waals surface area contributed by atoms with Crippen LogP contribution in [0.2, 0.25) is 0 Å². The highest BCUT2D eigenvalue weighted by Gasteiger charge is 2.20. The molecule has 8 nitrogen and oxygen atoms in total. The molecule has 0 aliphatic rings. The summed E-state index contributed by atoms with van der Waals surface area (Å²) in [5, 5.41) is 4.63. The molecule has 0 amide bonds. The third-order valence-electron chi connectivity index (χ3n) is 4.26. The first-order valence-corrected chi connectivity index (χ1v) is 8.40. The van der Waals surface area contributed by atoms with E-state index in [-0.39, 0.29) is 0 Å². The summed E-state index contributed by atoms with van der Waals surface area (Å²) in [4.78, 5) is 31.3. The normalized spacial score (nSPS) is 11.8. The maximum atomic E-state index is 12.4. The quantitative estimate of drug-likeness (QED) is 0.708. The van der Waals surface area contributed by atoms with Crippen molar-refractivity contribution in [3.8, 4) is 5.95 Å². The van der Waals surface area contributed by atoms with Crippen LogP contribution in [0.3, 0.4) is 0 Å². The standard InChI is InChI=1S/C17H22N6O2/c1-5-8-9-22-13-14(21(4)17(25)19-15(13)24)18-16(22)23-12(7-3)10-11(6-2)20-23/h5,8,10H,6-7,9H2,1-4H3,(H,19,24,25)/b8-5+. The van der Waals surface area contributed by atoms with Gasteiger partial charge in [-0.3, -0.25) is 18.9 Å². The van der Waals surface area contributed by atoms with E-state index in [4.69, 9.17) is 0 Å². The Hall–Kier alpha value is -2.90. The summed E-state index contributed by atoms with van der Waals surface area (Å²) in [5.74, 6) is 0.538. The van der Waals surface area contributed by atoms with E-state index in [2.05, 4.69) is 22.0 Å². The van der Waals surface area contributed by atoms with Crippen LogP contribution in [-0.4, -0.2) is 28.9 Å². The van der Waals surface area contributed by atoms with Gasteiger partial charge in [-0.2, -0.15) is 10.1 Å². The minimum absolute atomic E-state index is 0.351. The second kappa shape index (κ2) is 6.54. The van der Waals surface area contributed by atoms with Gasteiger partial charge in [-0.25, -0.2) is 9.48 Å². The van der Waals surface area contributed by atoms with E-state index in [0.717, 1.165) is 24.2 Å². The Morgan fingerprint density at radius 2 is 2.00 bits per heavy atom. The summed E-state index contributed by atoms with van der Waals surface area (Å²) in [7, 11) is 1.60. The monoisotopic (exact) mass is 342 g/mol. The van der Waals surface area contributed by atoms with Crippen LogP contribution in [0.4, 0.5) is 0 Å². The minimum atomic E-state index is -0.481. The third-order valence-corrected chi connectivity index (χ3v) is 4.26. The SMILES string of the molecule is C/C=C/Cn1c(-n2nc(CC)cc2CC)nc2c1c(=O)[nH]c(=O)n2C. The minimum Gasteiger partial charge on any atom is -0.299 e. The van der Waals surface area contributed by atoms with Crippen LogP contribution >= 0.6 is 0 Å². The average Bonchev–Trinajstić information content (AvgIpc) is 3.18. The predicted molar refractivity (Wildman–Crippen MR) is 96.3 cm³/mol. The van der Waals surface area contributed by atoms with Crippen molar-refractivity contribution < 1.29 is 0 Å². The number of aromatic nitrogens is 6. The fraction of sp³-hybridized carbons (Fsp3) is 0.412. The summed E-state index contributed by atoms with van der Waals surface area (Å²) < 4.78 is 4.91. The topological polar surface area (TPSA) is 90.5 Å². The predicted octanol–water partition coefficient (Wildman–Crippen LogP) is 1.31. The second-order valence-electron chi connectivity index (χ2n) is 5.83. The van der Waals surface area contributed by atoms with Crippen molar-refractivity contribution in [1.29, 1.82) is 0 Å². The molecule has 0 radical (unpaired) electrons. The zero-order valence-electron chi connectivity index (χ0n) is 14.9. The molecule has 0 saturated carbocycles. The lowest BCUT2D eigenvalue weighted by Gasteiger charge is -2.08. The van der Waals surface area contributed by atoms with Crippen LogP contribution in [0.15, 0.2) is 27.8 Å².